The summed E-state index contributed by atoms with van der Waals surface area (Å²) in [5.41, 5.74) is 5.80. The van der Waals surface area contributed by atoms with Crippen LogP contribution in [0.25, 0.3) is 10.8 Å². The molecule has 2 aromatic rings. The first kappa shape index (κ1) is 15.4. The number of pyridine rings is 1. The van der Waals surface area contributed by atoms with E-state index in [9.17, 15) is 8.42 Å². The first-order chi connectivity index (χ1) is 10.6. The maximum atomic E-state index is 12.8. The number of sulfonamides is 1. The van der Waals surface area contributed by atoms with Crippen molar-refractivity contribution in [1.29, 1.82) is 0 Å². The molecule has 0 aliphatic heterocycles. The lowest BCUT2D eigenvalue weighted by molar-refractivity contribution is 0.296. The summed E-state index contributed by atoms with van der Waals surface area (Å²) in [7, 11) is -3.56. The highest BCUT2D eigenvalue weighted by atomic mass is 32.2. The highest BCUT2D eigenvalue weighted by Gasteiger charge is 2.29. The second kappa shape index (κ2) is 6.32. The van der Waals surface area contributed by atoms with E-state index in [0.717, 1.165) is 31.1 Å². The third-order valence-electron chi connectivity index (χ3n) is 4.45. The van der Waals surface area contributed by atoms with Crippen molar-refractivity contribution in [2.75, 3.05) is 6.54 Å². The van der Waals surface area contributed by atoms with Crippen LogP contribution >= 0.6 is 0 Å². The first-order valence-electron chi connectivity index (χ1n) is 7.67. The maximum absolute atomic E-state index is 12.8. The molecule has 1 fully saturated rings. The molecule has 6 heteroatoms. The monoisotopic (exact) mass is 319 g/mol. The van der Waals surface area contributed by atoms with Crippen molar-refractivity contribution in [3.8, 4) is 0 Å². The predicted molar refractivity (Wildman–Crippen MR) is 86.9 cm³/mol. The average molecular weight is 319 g/mol. The quantitative estimate of drug-likeness (QED) is 0.903. The Kier molecular flexibility index (Phi) is 4.42. The number of rotatable bonds is 4. The van der Waals surface area contributed by atoms with Crippen LogP contribution in [0.5, 0.6) is 0 Å². The molecule has 1 saturated carbocycles. The minimum atomic E-state index is -3.56. The zero-order valence-electron chi connectivity index (χ0n) is 12.4. The van der Waals surface area contributed by atoms with E-state index in [1.165, 1.54) is 0 Å². The lowest BCUT2D eigenvalue weighted by atomic mass is 9.85. The average Bonchev–Trinajstić information content (AvgIpc) is 2.54. The van der Waals surface area contributed by atoms with Crippen LogP contribution < -0.4 is 10.5 Å². The zero-order chi connectivity index (χ0) is 15.6. The Morgan fingerprint density at radius 2 is 2.05 bits per heavy atom. The zero-order valence-corrected chi connectivity index (χ0v) is 13.2. The Labute approximate surface area is 131 Å². The lowest BCUT2D eigenvalue weighted by Gasteiger charge is -2.31. The van der Waals surface area contributed by atoms with E-state index in [-0.39, 0.29) is 12.0 Å². The molecular weight excluding hydrogens is 298 g/mol. The van der Waals surface area contributed by atoms with E-state index >= 15 is 0 Å². The maximum Gasteiger partial charge on any atom is 0.241 e. The molecule has 118 valence electrons. The first-order valence-corrected chi connectivity index (χ1v) is 9.15. The third kappa shape index (κ3) is 2.99. The van der Waals surface area contributed by atoms with Crippen LogP contribution in [-0.2, 0) is 10.0 Å². The number of benzene rings is 1. The van der Waals surface area contributed by atoms with E-state index in [1.54, 1.807) is 30.6 Å². The molecule has 0 amide bonds. The van der Waals surface area contributed by atoms with Gasteiger partial charge in [0.1, 0.15) is 0 Å². The molecule has 0 saturated heterocycles. The number of fused-ring (bicyclic) bond motifs is 1. The summed E-state index contributed by atoms with van der Waals surface area (Å²) in [6, 6.07) is 6.93. The fraction of sp³-hybridized carbons (Fsp3) is 0.438. The van der Waals surface area contributed by atoms with Crippen LogP contribution in [0.4, 0.5) is 0 Å². The summed E-state index contributed by atoms with van der Waals surface area (Å²) >= 11 is 0. The van der Waals surface area contributed by atoms with Gasteiger partial charge in [-0.05, 0) is 37.4 Å². The molecule has 3 N–H and O–H groups in total. The summed E-state index contributed by atoms with van der Waals surface area (Å²) in [6.45, 7) is 0.520. The van der Waals surface area contributed by atoms with Crippen LogP contribution in [0.2, 0.25) is 0 Å². The van der Waals surface area contributed by atoms with Gasteiger partial charge in [-0.3, -0.25) is 4.98 Å². The SMILES string of the molecule is NC[C@H]1CCCC[C@@H]1NS(=O)(=O)c1cccc2cnccc12. The second-order valence-corrected chi connectivity index (χ2v) is 7.54. The van der Waals surface area contributed by atoms with Crippen molar-refractivity contribution < 1.29 is 8.42 Å². The smallest absolute Gasteiger partial charge is 0.241 e. The fourth-order valence-corrected chi connectivity index (χ4v) is 4.80. The fourth-order valence-electron chi connectivity index (χ4n) is 3.23. The van der Waals surface area contributed by atoms with Crippen molar-refractivity contribution in [1.82, 2.24) is 9.71 Å². The number of hydrogen-bond donors (Lipinski definition) is 2. The third-order valence-corrected chi connectivity index (χ3v) is 6.00. The van der Waals surface area contributed by atoms with E-state index in [2.05, 4.69) is 9.71 Å². The van der Waals surface area contributed by atoms with Crippen LogP contribution in [0.1, 0.15) is 25.7 Å². The van der Waals surface area contributed by atoms with Gasteiger partial charge in [0, 0.05) is 29.2 Å². The highest BCUT2D eigenvalue weighted by molar-refractivity contribution is 7.89. The van der Waals surface area contributed by atoms with Gasteiger partial charge < -0.3 is 5.73 Å². The molecular formula is C16H21N3O2S. The molecule has 0 bridgehead atoms. The normalized spacial score (nSPS) is 22.8. The van der Waals surface area contributed by atoms with Crippen LogP contribution in [-0.4, -0.2) is 26.0 Å². The summed E-state index contributed by atoms with van der Waals surface area (Å²) in [4.78, 5) is 4.36. The van der Waals surface area contributed by atoms with Gasteiger partial charge in [0.25, 0.3) is 0 Å². The molecule has 1 aromatic carbocycles. The minimum absolute atomic E-state index is 0.0687. The molecule has 1 aliphatic rings. The number of nitrogens with one attached hydrogen (secondary N) is 1. The summed E-state index contributed by atoms with van der Waals surface area (Å²) in [5, 5.41) is 1.52. The highest BCUT2D eigenvalue weighted by Crippen LogP contribution is 2.27. The number of nitrogens with two attached hydrogens (primary N) is 1. The van der Waals surface area contributed by atoms with Gasteiger partial charge in [0.15, 0.2) is 0 Å². The van der Waals surface area contributed by atoms with Crippen molar-refractivity contribution in [2.24, 2.45) is 11.7 Å². The molecule has 2 atom stereocenters. The molecule has 0 unspecified atom stereocenters. The van der Waals surface area contributed by atoms with Gasteiger partial charge in [-0.1, -0.05) is 25.0 Å². The van der Waals surface area contributed by atoms with Gasteiger partial charge >= 0.3 is 0 Å². The Bertz CT molecular complexity index is 756. The van der Waals surface area contributed by atoms with Gasteiger partial charge in [-0.15, -0.1) is 0 Å². The van der Waals surface area contributed by atoms with Gasteiger partial charge in [-0.25, -0.2) is 13.1 Å². The van der Waals surface area contributed by atoms with Crippen LogP contribution in [0.15, 0.2) is 41.6 Å². The molecule has 0 radical (unpaired) electrons. The Morgan fingerprint density at radius 1 is 1.23 bits per heavy atom. The van der Waals surface area contributed by atoms with Crippen molar-refractivity contribution in [3.63, 3.8) is 0 Å². The molecule has 1 heterocycles. The molecule has 3 rings (SSSR count). The van der Waals surface area contributed by atoms with Crippen molar-refractivity contribution in [3.05, 3.63) is 36.7 Å². The van der Waals surface area contributed by atoms with Gasteiger partial charge in [0.2, 0.25) is 10.0 Å². The Hall–Kier alpha value is -1.50. The molecule has 5 nitrogen and oxygen atoms in total. The summed E-state index contributed by atoms with van der Waals surface area (Å²) < 4.78 is 28.5. The number of hydrogen-bond acceptors (Lipinski definition) is 4. The number of aromatic nitrogens is 1. The van der Waals surface area contributed by atoms with Crippen LogP contribution in [0, 0.1) is 5.92 Å². The standard InChI is InChI=1S/C16H21N3O2S/c17-10-12-4-1-2-6-15(12)19-22(20,21)16-7-3-5-13-11-18-9-8-14(13)16/h3,5,7-9,11-12,15,19H,1-2,4,6,10,17H2/t12-,15+/m1/s1. The Morgan fingerprint density at radius 3 is 2.86 bits per heavy atom. The van der Waals surface area contributed by atoms with E-state index in [4.69, 9.17) is 5.73 Å². The van der Waals surface area contributed by atoms with Crippen molar-refractivity contribution >= 4 is 20.8 Å². The largest absolute Gasteiger partial charge is 0.330 e. The van der Waals surface area contributed by atoms with Crippen LogP contribution in [0.3, 0.4) is 0 Å². The van der Waals surface area contributed by atoms with E-state index in [0.29, 0.717) is 16.8 Å². The summed E-state index contributed by atoms with van der Waals surface area (Å²) in [6.07, 6.45) is 7.31. The molecule has 1 aromatic heterocycles. The van der Waals surface area contributed by atoms with E-state index < -0.39 is 10.0 Å². The van der Waals surface area contributed by atoms with Crippen molar-refractivity contribution in [2.45, 2.75) is 36.6 Å². The topological polar surface area (TPSA) is 85.1 Å². The lowest BCUT2D eigenvalue weighted by Crippen LogP contribution is -2.44. The summed E-state index contributed by atoms with van der Waals surface area (Å²) in [5.74, 6) is 0.222. The molecule has 22 heavy (non-hydrogen) atoms. The second-order valence-electron chi connectivity index (χ2n) is 5.86. The molecule has 0 spiro atoms. The van der Waals surface area contributed by atoms with E-state index in [1.807, 2.05) is 6.07 Å². The number of nitrogens with zero attached hydrogens (tertiary/aromatic N) is 1. The predicted octanol–water partition coefficient (Wildman–Crippen LogP) is 2.03. The Balaban J connectivity index is 1.95. The van der Waals surface area contributed by atoms with Gasteiger partial charge in [-0.2, -0.15) is 0 Å². The molecule has 1 aliphatic carbocycles. The van der Waals surface area contributed by atoms with Gasteiger partial charge in [0.05, 0.1) is 4.90 Å². The minimum Gasteiger partial charge on any atom is -0.330 e.